The van der Waals surface area contributed by atoms with E-state index in [9.17, 15) is 38.2 Å². The van der Waals surface area contributed by atoms with Gasteiger partial charge < -0.3 is 25.4 Å². The van der Waals surface area contributed by atoms with Gasteiger partial charge in [0.1, 0.15) is 17.4 Å². The maximum Gasteiger partial charge on any atom is 0.418 e. The highest BCUT2D eigenvalue weighted by Crippen LogP contribution is 2.56. The van der Waals surface area contributed by atoms with Crippen molar-refractivity contribution in [3.63, 3.8) is 0 Å². The number of rotatable bonds is 2. The van der Waals surface area contributed by atoms with Crippen LogP contribution in [0.2, 0.25) is 0 Å². The van der Waals surface area contributed by atoms with Crippen LogP contribution < -0.4 is 15.2 Å². The molecule has 1 atom stereocenters. The Bertz CT molecular complexity index is 1110. The Hall–Kier alpha value is -3.88. The number of nitriles is 1. The molecular weight excluding hydrogens is 387 g/mol. The van der Waals surface area contributed by atoms with E-state index in [1.165, 1.54) is 13.2 Å². The van der Waals surface area contributed by atoms with Crippen LogP contribution in [0.1, 0.15) is 5.56 Å². The van der Waals surface area contributed by atoms with Crippen LogP contribution in [0.4, 0.5) is 18.0 Å². The van der Waals surface area contributed by atoms with E-state index in [4.69, 9.17) is 15.2 Å². The smallest absolute Gasteiger partial charge is 0.418 e. The summed E-state index contributed by atoms with van der Waals surface area (Å²) in [7, 11) is 1.21. The predicted octanol–water partition coefficient (Wildman–Crippen LogP) is 2.15. The lowest BCUT2D eigenvalue weighted by molar-refractivity contribution is -0.197. The summed E-state index contributed by atoms with van der Waals surface area (Å²) in [5.41, 5.74) is -1.33. The van der Waals surface area contributed by atoms with Gasteiger partial charge in [-0.2, -0.15) is 18.4 Å². The van der Waals surface area contributed by atoms with Crippen LogP contribution >= 0.6 is 0 Å². The lowest BCUT2D eigenvalue weighted by Gasteiger charge is -2.35. The van der Waals surface area contributed by atoms with Crippen LogP contribution in [-0.2, 0) is 10.2 Å². The van der Waals surface area contributed by atoms with Crippen LogP contribution in [0.5, 0.6) is 11.6 Å². The van der Waals surface area contributed by atoms with E-state index in [1.54, 1.807) is 0 Å². The van der Waals surface area contributed by atoms with Gasteiger partial charge in [0.2, 0.25) is 17.2 Å². The molecule has 1 aliphatic rings. The molecule has 9 nitrogen and oxygen atoms in total. The maximum absolute atomic E-state index is 14.2. The highest BCUT2D eigenvalue weighted by atomic mass is 19.4. The monoisotopic (exact) mass is 397 g/mol. The molecule has 0 spiro atoms. The number of aliphatic carboxylic acids is 1. The number of methoxy groups -OCH3 is 1. The Balaban J connectivity index is 2.66. The van der Waals surface area contributed by atoms with Crippen LogP contribution in [0.15, 0.2) is 29.7 Å². The molecule has 2 heterocycles. The lowest BCUT2D eigenvalue weighted by atomic mass is 9.72. The number of halogens is 3. The standard InChI is InChI=1S/C16H10F3N3O6/c1-27-6-2-3-9-7(4-6)10-12(22(9)14(25)26)28-11(21)8(5-20)15(10,13(23)24)16(17,18)19/h2-4H,21H2,1H3,(H,23,24)(H,25,26)/t15-/m1/s1. The van der Waals surface area contributed by atoms with E-state index in [-0.39, 0.29) is 11.3 Å². The van der Waals surface area contributed by atoms with Gasteiger partial charge in [0, 0.05) is 5.39 Å². The van der Waals surface area contributed by atoms with Gasteiger partial charge in [-0.1, -0.05) is 0 Å². The average molecular weight is 397 g/mol. The number of nitrogens with zero attached hydrogens (tertiary/aromatic N) is 2. The summed E-state index contributed by atoms with van der Waals surface area (Å²) in [4.78, 5) is 23.7. The molecular formula is C16H10F3N3O6. The second-order valence-electron chi connectivity index (χ2n) is 5.69. The van der Waals surface area contributed by atoms with E-state index in [0.717, 1.165) is 18.2 Å². The van der Waals surface area contributed by atoms with Gasteiger partial charge >= 0.3 is 18.2 Å². The fraction of sp³-hybridized carbons (Fsp3) is 0.188. The lowest BCUT2D eigenvalue weighted by Crippen LogP contribution is -2.53. The number of fused-ring (bicyclic) bond motifs is 3. The van der Waals surface area contributed by atoms with Crippen molar-refractivity contribution in [3.05, 3.63) is 35.2 Å². The number of carboxylic acid groups (broad SMARTS) is 2. The van der Waals surface area contributed by atoms with Crippen LogP contribution in [-0.4, -0.2) is 40.1 Å². The molecule has 1 aliphatic heterocycles. The molecule has 0 radical (unpaired) electrons. The summed E-state index contributed by atoms with van der Waals surface area (Å²) in [6.07, 6.45) is -7.31. The number of carbonyl (C=O) groups is 2. The van der Waals surface area contributed by atoms with E-state index >= 15 is 0 Å². The molecule has 0 aliphatic carbocycles. The summed E-state index contributed by atoms with van der Waals surface area (Å²) >= 11 is 0. The topological polar surface area (TPSA) is 148 Å². The number of nitrogens with two attached hydrogens (primary N) is 1. The first-order valence-electron chi connectivity index (χ1n) is 7.36. The minimum atomic E-state index is -5.56. The number of alkyl halides is 3. The largest absolute Gasteiger partial charge is 0.497 e. The van der Waals surface area contributed by atoms with Crippen molar-refractivity contribution >= 4 is 23.0 Å². The highest BCUT2D eigenvalue weighted by Gasteiger charge is 2.70. The zero-order chi connectivity index (χ0) is 21.0. The maximum atomic E-state index is 14.2. The van der Waals surface area contributed by atoms with Crippen molar-refractivity contribution in [2.24, 2.45) is 5.73 Å². The van der Waals surface area contributed by atoms with Gasteiger partial charge in [-0.3, -0.25) is 4.79 Å². The minimum absolute atomic E-state index is 0.0281. The molecule has 0 unspecified atom stereocenters. The number of carboxylic acids is 1. The number of aromatic nitrogens is 1. The van der Waals surface area contributed by atoms with Crippen LogP contribution in [0.3, 0.4) is 0 Å². The third-order valence-corrected chi connectivity index (χ3v) is 4.38. The minimum Gasteiger partial charge on any atom is -0.497 e. The first-order valence-corrected chi connectivity index (χ1v) is 7.36. The normalized spacial score (nSPS) is 19.0. The van der Waals surface area contributed by atoms with Crippen molar-refractivity contribution < 1.29 is 42.4 Å². The van der Waals surface area contributed by atoms with Crippen LogP contribution in [0, 0.1) is 11.3 Å². The molecule has 4 N–H and O–H groups in total. The second kappa shape index (κ2) is 5.81. The van der Waals surface area contributed by atoms with Gasteiger partial charge in [0.25, 0.3) is 0 Å². The first kappa shape index (κ1) is 18.9. The second-order valence-corrected chi connectivity index (χ2v) is 5.69. The SMILES string of the molecule is COc1ccc2c(c1)c1c(n2C(=O)O)OC(N)=C(C#N)[C@@]1(C(=O)O)C(F)(F)F. The number of ether oxygens (including phenoxy) is 2. The molecule has 3 rings (SSSR count). The number of hydrogen-bond acceptors (Lipinski definition) is 6. The predicted molar refractivity (Wildman–Crippen MR) is 84.7 cm³/mol. The fourth-order valence-electron chi connectivity index (χ4n) is 3.25. The summed E-state index contributed by atoms with van der Waals surface area (Å²) in [6.45, 7) is 0. The molecule has 0 amide bonds. The van der Waals surface area contributed by atoms with Gasteiger partial charge in [0.05, 0.1) is 18.2 Å². The Morgan fingerprint density at radius 1 is 1.36 bits per heavy atom. The zero-order valence-electron chi connectivity index (χ0n) is 13.9. The summed E-state index contributed by atoms with van der Waals surface area (Å²) in [5, 5.41) is 27.9. The van der Waals surface area contributed by atoms with Crippen molar-refractivity contribution in [3.8, 4) is 17.7 Å². The van der Waals surface area contributed by atoms with E-state index < -0.39 is 51.9 Å². The van der Waals surface area contributed by atoms with Gasteiger partial charge in [-0.25, -0.2) is 9.36 Å². The zero-order valence-corrected chi connectivity index (χ0v) is 13.9. The van der Waals surface area contributed by atoms with Crippen molar-refractivity contribution in [2.75, 3.05) is 7.11 Å². The molecule has 0 fully saturated rings. The fourth-order valence-corrected chi connectivity index (χ4v) is 3.25. The van der Waals surface area contributed by atoms with E-state index in [2.05, 4.69) is 0 Å². The Morgan fingerprint density at radius 2 is 2.00 bits per heavy atom. The van der Waals surface area contributed by atoms with Crippen LogP contribution in [0.25, 0.3) is 10.9 Å². The third-order valence-electron chi connectivity index (χ3n) is 4.38. The highest BCUT2D eigenvalue weighted by molar-refractivity contribution is 6.03. The molecule has 1 aromatic heterocycles. The average Bonchev–Trinajstić information content (AvgIpc) is 2.91. The summed E-state index contributed by atoms with van der Waals surface area (Å²) in [5.74, 6) is -4.56. The molecule has 0 bridgehead atoms. The Morgan fingerprint density at radius 3 is 2.46 bits per heavy atom. The molecule has 146 valence electrons. The number of hydrogen-bond donors (Lipinski definition) is 3. The summed E-state index contributed by atoms with van der Waals surface area (Å²) in [6, 6.07) is 4.56. The van der Waals surface area contributed by atoms with Crippen molar-refractivity contribution in [1.82, 2.24) is 4.57 Å². The molecule has 12 heteroatoms. The van der Waals surface area contributed by atoms with E-state index in [0.29, 0.717) is 4.57 Å². The Labute approximate surface area is 153 Å². The van der Waals surface area contributed by atoms with Crippen molar-refractivity contribution in [2.45, 2.75) is 11.6 Å². The first-order chi connectivity index (χ1) is 13.0. The van der Waals surface area contributed by atoms with Crippen molar-refractivity contribution in [1.29, 1.82) is 5.26 Å². The van der Waals surface area contributed by atoms with Gasteiger partial charge in [0.15, 0.2) is 0 Å². The molecule has 28 heavy (non-hydrogen) atoms. The molecule has 0 saturated carbocycles. The third kappa shape index (κ3) is 2.13. The van der Waals surface area contributed by atoms with E-state index in [1.807, 2.05) is 0 Å². The molecule has 1 aromatic carbocycles. The number of benzene rings is 1. The van der Waals surface area contributed by atoms with Gasteiger partial charge in [-0.15, -0.1) is 0 Å². The molecule has 2 aromatic rings. The Kier molecular flexibility index (Phi) is 3.92. The molecule has 0 saturated heterocycles. The quantitative estimate of drug-likeness (QED) is 0.698. The van der Waals surface area contributed by atoms with Gasteiger partial charge in [-0.05, 0) is 18.2 Å². The summed E-state index contributed by atoms with van der Waals surface area (Å²) < 4.78 is 52.8.